The minimum atomic E-state index is -0.185. The van der Waals surface area contributed by atoms with Crippen LogP contribution in [0.2, 0.25) is 0 Å². The molecule has 0 atom stereocenters. The number of hydrogen-bond acceptors (Lipinski definition) is 5. The van der Waals surface area contributed by atoms with Crippen LogP contribution in [0.5, 0.6) is 5.75 Å². The number of nitrogens with one attached hydrogen (secondary N) is 1. The second-order valence-corrected chi connectivity index (χ2v) is 8.35. The maximum atomic E-state index is 13.4. The lowest BCUT2D eigenvalue weighted by Gasteiger charge is -2.16. The summed E-state index contributed by atoms with van der Waals surface area (Å²) in [5, 5.41) is 3.89. The van der Waals surface area contributed by atoms with E-state index in [9.17, 15) is 9.59 Å². The van der Waals surface area contributed by atoms with Crippen LogP contribution in [0.1, 0.15) is 11.1 Å². The molecule has 4 rings (SSSR count). The quantitative estimate of drug-likeness (QED) is 0.343. The molecule has 0 unspecified atom stereocenters. The Hall–Kier alpha value is -3.58. The van der Waals surface area contributed by atoms with Crippen molar-refractivity contribution in [2.45, 2.75) is 19.0 Å². The third-order valence-corrected chi connectivity index (χ3v) is 6.00. The van der Waals surface area contributed by atoms with E-state index < -0.39 is 0 Å². The van der Waals surface area contributed by atoms with Crippen molar-refractivity contribution in [2.75, 3.05) is 18.2 Å². The van der Waals surface area contributed by atoms with Crippen molar-refractivity contribution < 1.29 is 9.53 Å². The van der Waals surface area contributed by atoms with Crippen LogP contribution < -0.4 is 15.6 Å². The van der Waals surface area contributed by atoms with Gasteiger partial charge in [-0.2, -0.15) is 0 Å². The van der Waals surface area contributed by atoms with Crippen LogP contribution in [0.3, 0.4) is 0 Å². The minimum Gasteiger partial charge on any atom is -0.497 e. The number of amides is 1. The van der Waals surface area contributed by atoms with Gasteiger partial charge in [-0.3, -0.25) is 14.2 Å². The van der Waals surface area contributed by atoms with E-state index in [1.807, 2.05) is 50.2 Å². The van der Waals surface area contributed by atoms with Crippen molar-refractivity contribution in [3.63, 3.8) is 0 Å². The normalized spacial score (nSPS) is 10.8. The van der Waals surface area contributed by atoms with Crippen molar-refractivity contribution >= 4 is 34.3 Å². The molecule has 1 amide bonds. The predicted molar refractivity (Wildman–Crippen MR) is 129 cm³/mol. The molecule has 0 saturated heterocycles. The van der Waals surface area contributed by atoms with E-state index in [4.69, 9.17) is 9.72 Å². The summed E-state index contributed by atoms with van der Waals surface area (Å²) in [6.07, 6.45) is 0. The van der Waals surface area contributed by atoms with Gasteiger partial charge in [-0.25, -0.2) is 4.98 Å². The predicted octanol–water partition coefficient (Wildman–Crippen LogP) is 4.74. The first kappa shape index (κ1) is 21.6. The van der Waals surface area contributed by atoms with E-state index in [0.29, 0.717) is 21.7 Å². The summed E-state index contributed by atoms with van der Waals surface area (Å²) in [6.45, 7) is 3.94. The average Bonchev–Trinajstić information content (AvgIpc) is 2.80. The molecule has 0 radical (unpaired) electrons. The minimum absolute atomic E-state index is 0.113. The molecule has 0 aliphatic carbocycles. The van der Waals surface area contributed by atoms with E-state index in [1.54, 1.807) is 42.0 Å². The molecule has 32 heavy (non-hydrogen) atoms. The van der Waals surface area contributed by atoms with Gasteiger partial charge in [0.05, 0.1) is 29.5 Å². The smallest absolute Gasteiger partial charge is 0.266 e. The SMILES string of the molecule is COc1ccc(NC(=O)CSc2nc3ccccc3c(=O)n2-c2cc(C)ccc2C)cc1. The number of fused-ring (bicyclic) bond motifs is 1. The van der Waals surface area contributed by atoms with Crippen molar-refractivity contribution in [1.29, 1.82) is 0 Å². The van der Waals surface area contributed by atoms with Crippen molar-refractivity contribution in [3.8, 4) is 11.4 Å². The van der Waals surface area contributed by atoms with Gasteiger partial charge in [0.15, 0.2) is 5.16 Å². The van der Waals surface area contributed by atoms with Gasteiger partial charge in [-0.15, -0.1) is 0 Å². The van der Waals surface area contributed by atoms with E-state index in [2.05, 4.69) is 5.32 Å². The Morgan fingerprint density at radius 2 is 1.81 bits per heavy atom. The molecule has 162 valence electrons. The van der Waals surface area contributed by atoms with Crippen LogP contribution in [0.4, 0.5) is 5.69 Å². The van der Waals surface area contributed by atoms with E-state index in [-0.39, 0.29) is 17.2 Å². The monoisotopic (exact) mass is 445 g/mol. The molecule has 0 aliphatic heterocycles. The first-order valence-corrected chi connectivity index (χ1v) is 11.1. The van der Waals surface area contributed by atoms with Gasteiger partial charge < -0.3 is 10.1 Å². The number of nitrogens with zero attached hydrogens (tertiary/aromatic N) is 2. The molecule has 0 bridgehead atoms. The fraction of sp³-hybridized carbons (Fsp3) is 0.160. The summed E-state index contributed by atoms with van der Waals surface area (Å²) in [6, 6.07) is 20.3. The highest BCUT2D eigenvalue weighted by Gasteiger charge is 2.16. The molecule has 6 nitrogen and oxygen atoms in total. The Labute approximate surface area is 190 Å². The number of thioether (sulfide) groups is 1. The van der Waals surface area contributed by atoms with Crippen molar-refractivity contribution in [2.24, 2.45) is 0 Å². The number of benzene rings is 3. The molecule has 0 saturated carbocycles. The van der Waals surface area contributed by atoms with Crippen LogP contribution in [0.25, 0.3) is 16.6 Å². The van der Waals surface area contributed by atoms with Crippen LogP contribution >= 0.6 is 11.8 Å². The van der Waals surface area contributed by atoms with Gasteiger partial charge in [-0.05, 0) is 67.4 Å². The molecule has 3 aromatic carbocycles. The molecule has 1 heterocycles. The Kier molecular flexibility index (Phi) is 6.28. The highest BCUT2D eigenvalue weighted by molar-refractivity contribution is 7.99. The zero-order chi connectivity index (χ0) is 22.7. The average molecular weight is 446 g/mol. The lowest BCUT2D eigenvalue weighted by molar-refractivity contribution is -0.113. The van der Waals surface area contributed by atoms with Gasteiger partial charge in [-0.1, -0.05) is 36.0 Å². The Morgan fingerprint density at radius 3 is 2.56 bits per heavy atom. The summed E-state index contributed by atoms with van der Waals surface area (Å²) >= 11 is 1.24. The molecule has 7 heteroatoms. The summed E-state index contributed by atoms with van der Waals surface area (Å²) in [5.74, 6) is 0.646. The zero-order valence-corrected chi connectivity index (χ0v) is 18.9. The van der Waals surface area contributed by atoms with Gasteiger partial charge in [0.25, 0.3) is 5.56 Å². The second kappa shape index (κ2) is 9.28. The number of aryl methyl sites for hydroxylation is 2. The van der Waals surface area contributed by atoms with Gasteiger partial charge in [0.2, 0.25) is 5.91 Å². The molecule has 4 aromatic rings. The molecule has 0 fully saturated rings. The highest BCUT2D eigenvalue weighted by atomic mass is 32.2. The summed E-state index contributed by atoms with van der Waals surface area (Å²) in [5.41, 5.74) is 3.90. The number of para-hydroxylation sites is 1. The Morgan fingerprint density at radius 1 is 1.06 bits per heavy atom. The number of aromatic nitrogens is 2. The standard InChI is InChI=1S/C25H23N3O3S/c1-16-8-9-17(2)22(14-16)28-24(30)20-6-4-5-7-21(20)27-25(28)32-15-23(29)26-18-10-12-19(31-3)13-11-18/h4-14H,15H2,1-3H3,(H,26,29). The highest BCUT2D eigenvalue weighted by Crippen LogP contribution is 2.24. The van der Waals surface area contributed by atoms with Crippen LogP contribution in [-0.4, -0.2) is 28.3 Å². The fourth-order valence-electron chi connectivity index (χ4n) is 3.38. The lowest BCUT2D eigenvalue weighted by atomic mass is 10.1. The van der Waals surface area contributed by atoms with Crippen LogP contribution in [0.15, 0.2) is 76.7 Å². The number of carbonyl (C=O) groups is 1. The van der Waals surface area contributed by atoms with Gasteiger partial charge >= 0.3 is 0 Å². The van der Waals surface area contributed by atoms with Crippen molar-refractivity contribution in [1.82, 2.24) is 9.55 Å². The maximum absolute atomic E-state index is 13.4. The fourth-order valence-corrected chi connectivity index (χ4v) is 4.19. The largest absolute Gasteiger partial charge is 0.497 e. The third-order valence-electron chi connectivity index (χ3n) is 5.06. The van der Waals surface area contributed by atoms with Gasteiger partial charge in [0, 0.05) is 5.69 Å². The number of carbonyl (C=O) groups excluding carboxylic acids is 1. The molecule has 0 spiro atoms. The van der Waals surface area contributed by atoms with E-state index >= 15 is 0 Å². The number of methoxy groups -OCH3 is 1. The summed E-state index contributed by atoms with van der Waals surface area (Å²) in [7, 11) is 1.59. The first-order chi connectivity index (χ1) is 15.5. The Balaban J connectivity index is 1.67. The summed E-state index contributed by atoms with van der Waals surface area (Å²) in [4.78, 5) is 30.7. The number of rotatable bonds is 6. The summed E-state index contributed by atoms with van der Waals surface area (Å²) < 4.78 is 6.75. The first-order valence-electron chi connectivity index (χ1n) is 10.1. The lowest BCUT2D eigenvalue weighted by Crippen LogP contribution is -2.23. The zero-order valence-electron chi connectivity index (χ0n) is 18.1. The molecular formula is C25H23N3O3S. The van der Waals surface area contributed by atoms with E-state index in [1.165, 1.54) is 11.8 Å². The number of hydrogen-bond donors (Lipinski definition) is 1. The van der Waals surface area contributed by atoms with Crippen LogP contribution in [-0.2, 0) is 4.79 Å². The molecule has 1 aromatic heterocycles. The Bertz CT molecular complexity index is 1350. The molecule has 1 N–H and O–H groups in total. The molecule has 0 aliphatic rings. The topological polar surface area (TPSA) is 73.2 Å². The molecular weight excluding hydrogens is 422 g/mol. The van der Waals surface area contributed by atoms with Gasteiger partial charge in [0.1, 0.15) is 5.75 Å². The maximum Gasteiger partial charge on any atom is 0.266 e. The number of ether oxygens (including phenoxy) is 1. The van der Waals surface area contributed by atoms with Crippen molar-refractivity contribution in [3.05, 3.63) is 88.2 Å². The number of anilines is 1. The van der Waals surface area contributed by atoms with Crippen LogP contribution in [0, 0.1) is 13.8 Å². The van der Waals surface area contributed by atoms with E-state index in [0.717, 1.165) is 22.6 Å². The third kappa shape index (κ3) is 4.53. The second-order valence-electron chi connectivity index (χ2n) is 7.41.